The Morgan fingerprint density at radius 2 is 2.00 bits per heavy atom. The molecule has 0 amide bonds. The van der Waals surface area contributed by atoms with Gasteiger partial charge >= 0.3 is 0 Å². The van der Waals surface area contributed by atoms with Crippen molar-refractivity contribution in [3.63, 3.8) is 0 Å². The van der Waals surface area contributed by atoms with E-state index in [0.29, 0.717) is 16.3 Å². The van der Waals surface area contributed by atoms with Crippen molar-refractivity contribution in [2.45, 2.75) is 25.4 Å². The molecule has 0 bridgehead atoms. The summed E-state index contributed by atoms with van der Waals surface area (Å²) in [6.07, 6.45) is 3.24. The van der Waals surface area contributed by atoms with Gasteiger partial charge in [0.2, 0.25) is 0 Å². The molecule has 1 aliphatic rings. The molecule has 21 heavy (non-hydrogen) atoms. The fourth-order valence-electron chi connectivity index (χ4n) is 2.83. The van der Waals surface area contributed by atoms with E-state index in [-0.39, 0.29) is 11.1 Å². The minimum Gasteiger partial charge on any atom is -0.485 e. The number of halogens is 1. The largest absolute Gasteiger partial charge is 0.485 e. The third-order valence-corrected chi connectivity index (χ3v) is 4.32. The maximum absolute atomic E-state index is 6.20. The van der Waals surface area contributed by atoms with E-state index < -0.39 is 0 Å². The summed E-state index contributed by atoms with van der Waals surface area (Å²) in [7, 11) is 0. The summed E-state index contributed by atoms with van der Waals surface area (Å²) in [6, 6.07) is 13.9. The molecule has 1 aliphatic carbocycles. The second kappa shape index (κ2) is 6.04. The second-order valence-corrected chi connectivity index (χ2v) is 6.02. The standard InChI is InChI=1S/C17H16ClNOS/c18-13-8-4-10-15(16(13)17(19)21)20-14-9-3-6-11-5-1-2-7-12(11)14/h1-2,4-5,7-8,10,14H,3,6,9H2,(H2,19,21). The van der Waals surface area contributed by atoms with E-state index in [1.165, 1.54) is 11.1 Å². The zero-order valence-electron chi connectivity index (χ0n) is 11.5. The van der Waals surface area contributed by atoms with Gasteiger partial charge in [-0.2, -0.15) is 0 Å². The van der Waals surface area contributed by atoms with Crippen LogP contribution >= 0.6 is 23.8 Å². The fourth-order valence-corrected chi connectivity index (χ4v) is 3.36. The zero-order chi connectivity index (χ0) is 14.8. The summed E-state index contributed by atoms with van der Waals surface area (Å²) >= 11 is 11.3. The van der Waals surface area contributed by atoms with Crippen LogP contribution in [0, 0.1) is 0 Å². The van der Waals surface area contributed by atoms with Crippen molar-refractivity contribution < 1.29 is 4.74 Å². The Morgan fingerprint density at radius 3 is 2.81 bits per heavy atom. The molecule has 0 saturated carbocycles. The maximum atomic E-state index is 6.20. The van der Waals surface area contributed by atoms with Crippen LogP contribution in [0.15, 0.2) is 42.5 Å². The Kier molecular flexibility index (Phi) is 4.13. The number of hydrogen-bond donors (Lipinski definition) is 1. The van der Waals surface area contributed by atoms with Crippen LogP contribution < -0.4 is 10.5 Å². The molecule has 0 spiro atoms. The lowest BCUT2D eigenvalue weighted by Gasteiger charge is -2.27. The first-order valence-corrected chi connectivity index (χ1v) is 7.78. The van der Waals surface area contributed by atoms with Gasteiger partial charge in [0.1, 0.15) is 16.8 Å². The molecule has 108 valence electrons. The Hall–Kier alpha value is -1.58. The molecule has 2 aromatic carbocycles. The van der Waals surface area contributed by atoms with Gasteiger partial charge in [0.15, 0.2) is 0 Å². The van der Waals surface area contributed by atoms with E-state index in [4.69, 9.17) is 34.3 Å². The average Bonchev–Trinajstić information content (AvgIpc) is 2.47. The molecular weight excluding hydrogens is 302 g/mol. The van der Waals surface area contributed by atoms with Crippen molar-refractivity contribution in [2.75, 3.05) is 0 Å². The maximum Gasteiger partial charge on any atom is 0.131 e. The minimum absolute atomic E-state index is 0.0292. The van der Waals surface area contributed by atoms with Crippen LogP contribution in [0.5, 0.6) is 5.75 Å². The van der Waals surface area contributed by atoms with Crippen molar-refractivity contribution in [2.24, 2.45) is 5.73 Å². The number of hydrogen-bond acceptors (Lipinski definition) is 2. The van der Waals surface area contributed by atoms with Gasteiger partial charge in [0, 0.05) is 0 Å². The average molecular weight is 318 g/mol. The van der Waals surface area contributed by atoms with E-state index >= 15 is 0 Å². The molecule has 2 N–H and O–H groups in total. The minimum atomic E-state index is 0.0292. The number of aryl methyl sites for hydroxylation is 1. The normalized spacial score (nSPS) is 17.1. The number of ether oxygens (including phenoxy) is 1. The highest BCUT2D eigenvalue weighted by atomic mass is 35.5. The highest BCUT2D eigenvalue weighted by Crippen LogP contribution is 2.36. The zero-order valence-corrected chi connectivity index (χ0v) is 13.1. The Labute approximate surface area is 134 Å². The number of fused-ring (bicyclic) bond motifs is 1. The molecular formula is C17H16ClNOS. The Bertz CT molecular complexity index is 686. The summed E-state index contributed by atoms with van der Waals surface area (Å²) in [5, 5.41) is 0.532. The first-order chi connectivity index (χ1) is 10.2. The van der Waals surface area contributed by atoms with Gasteiger partial charge in [-0.1, -0.05) is 54.2 Å². The summed E-state index contributed by atoms with van der Waals surface area (Å²) in [6.45, 7) is 0. The fraction of sp³-hybridized carbons (Fsp3) is 0.235. The molecule has 0 radical (unpaired) electrons. The summed E-state index contributed by atoms with van der Waals surface area (Å²) in [5.41, 5.74) is 9.01. The number of benzene rings is 2. The van der Waals surface area contributed by atoms with Gasteiger partial charge in [0.05, 0.1) is 10.6 Å². The van der Waals surface area contributed by atoms with E-state index in [0.717, 1.165) is 19.3 Å². The molecule has 4 heteroatoms. The van der Waals surface area contributed by atoms with Gasteiger partial charge in [-0.15, -0.1) is 0 Å². The molecule has 2 aromatic rings. The van der Waals surface area contributed by atoms with Crippen molar-refractivity contribution in [1.82, 2.24) is 0 Å². The number of rotatable bonds is 3. The van der Waals surface area contributed by atoms with Crippen molar-refractivity contribution in [1.29, 1.82) is 0 Å². The van der Waals surface area contributed by atoms with Crippen LogP contribution in [0.2, 0.25) is 5.02 Å². The van der Waals surface area contributed by atoms with E-state index in [1.807, 2.05) is 18.2 Å². The van der Waals surface area contributed by atoms with Crippen LogP contribution in [0.3, 0.4) is 0 Å². The van der Waals surface area contributed by atoms with Gasteiger partial charge in [-0.05, 0) is 42.5 Å². The number of nitrogens with two attached hydrogens (primary N) is 1. The highest BCUT2D eigenvalue weighted by molar-refractivity contribution is 7.80. The van der Waals surface area contributed by atoms with Crippen LogP contribution in [-0.2, 0) is 6.42 Å². The lowest BCUT2D eigenvalue weighted by atomic mass is 9.89. The van der Waals surface area contributed by atoms with E-state index in [1.54, 1.807) is 6.07 Å². The smallest absolute Gasteiger partial charge is 0.131 e. The molecule has 2 nitrogen and oxygen atoms in total. The monoisotopic (exact) mass is 317 g/mol. The lowest BCUT2D eigenvalue weighted by Crippen LogP contribution is -2.18. The molecule has 1 atom stereocenters. The third-order valence-electron chi connectivity index (χ3n) is 3.81. The SMILES string of the molecule is NC(=S)c1c(Cl)cccc1OC1CCCc2ccccc21. The Morgan fingerprint density at radius 1 is 1.19 bits per heavy atom. The summed E-state index contributed by atoms with van der Waals surface area (Å²) in [5.74, 6) is 0.664. The van der Waals surface area contributed by atoms with Crippen LogP contribution in [0.1, 0.15) is 35.6 Å². The van der Waals surface area contributed by atoms with Crippen molar-refractivity contribution in [3.8, 4) is 5.75 Å². The molecule has 1 unspecified atom stereocenters. The molecule has 0 heterocycles. The first kappa shape index (κ1) is 14.4. The highest BCUT2D eigenvalue weighted by Gasteiger charge is 2.23. The quantitative estimate of drug-likeness (QED) is 0.850. The van der Waals surface area contributed by atoms with E-state index in [9.17, 15) is 0 Å². The molecule has 0 fully saturated rings. The van der Waals surface area contributed by atoms with Crippen molar-refractivity contribution >= 4 is 28.8 Å². The van der Waals surface area contributed by atoms with Gasteiger partial charge < -0.3 is 10.5 Å². The predicted octanol–water partition coefficient (Wildman–Crippen LogP) is 4.43. The lowest BCUT2D eigenvalue weighted by molar-refractivity contribution is 0.183. The second-order valence-electron chi connectivity index (χ2n) is 5.17. The first-order valence-electron chi connectivity index (χ1n) is 6.99. The number of thiocarbonyl (C=S) groups is 1. The van der Waals surface area contributed by atoms with Crippen LogP contribution in [0.25, 0.3) is 0 Å². The van der Waals surface area contributed by atoms with Gasteiger partial charge in [0.25, 0.3) is 0 Å². The van der Waals surface area contributed by atoms with E-state index in [2.05, 4.69) is 18.2 Å². The molecule has 0 saturated heterocycles. The van der Waals surface area contributed by atoms with Gasteiger partial charge in [-0.25, -0.2) is 0 Å². The van der Waals surface area contributed by atoms with Gasteiger partial charge in [-0.3, -0.25) is 0 Å². The molecule has 0 aliphatic heterocycles. The topological polar surface area (TPSA) is 35.2 Å². The summed E-state index contributed by atoms with van der Waals surface area (Å²) < 4.78 is 6.20. The molecule has 0 aromatic heterocycles. The molecule has 3 rings (SSSR count). The summed E-state index contributed by atoms with van der Waals surface area (Å²) in [4.78, 5) is 0.264. The van der Waals surface area contributed by atoms with Crippen LogP contribution in [-0.4, -0.2) is 4.99 Å². The van der Waals surface area contributed by atoms with Crippen molar-refractivity contribution in [3.05, 3.63) is 64.2 Å². The predicted molar refractivity (Wildman–Crippen MR) is 90.1 cm³/mol. The third kappa shape index (κ3) is 2.89. The Balaban J connectivity index is 1.96. The van der Waals surface area contributed by atoms with Crippen LogP contribution in [0.4, 0.5) is 0 Å².